The third-order valence-electron chi connectivity index (χ3n) is 5.85. The van der Waals surface area contributed by atoms with Crippen molar-refractivity contribution >= 4 is 49.8 Å². The molecule has 0 aliphatic rings. The Bertz CT molecular complexity index is 1640. The van der Waals surface area contributed by atoms with E-state index < -0.39 is 5.91 Å². The summed E-state index contributed by atoms with van der Waals surface area (Å²) in [5, 5.41) is 7.19. The van der Waals surface area contributed by atoms with Crippen molar-refractivity contribution in [2.75, 3.05) is 13.7 Å². The normalized spacial score (nSPS) is 11.2. The number of ether oxygens (including phenoxy) is 3. The highest BCUT2D eigenvalue weighted by Gasteiger charge is 2.14. The Kier molecular flexibility index (Phi) is 7.60. The van der Waals surface area contributed by atoms with Crippen molar-refractivity contribution in [2.24, 2.45) is 5.10 Å². The molecule has 5 rings (SSSR count). The lowest BCUT2D eigenvalue weighted by Crippen LogP contribution is -2.16. The minimum Gasteiger partial charge on any atom is -0.494 e. The first-order chi connectivity index (χ1) is 18.5. The Morgan fingerprint density at radius 2 is 1.82 bits per heavy atom. The van der Waals surface area contributed by atoms with Gasteiger partial charge in [0.15, 0.2) is 17.3 Å². The summed E-state index contributed by atoms with van der Waals surface area (Å²) in [7, 11) is 1.58. The Hall–Kier alpha value is -4.30. The molecule has 0 aliphatic heterocycles. The predicted octanol–water partition coefficient (Wildman–Crippen LogP) is 7.10. The first-order valence-electron chi connectivity index (χ1n) is 12.0. The standard InChI is InChI=1S/C30H25BrN2O5/c1-3-36-24-10-11-26-23(15-24)16-28(38-26)30(34)33-32-17-20-13-25(31)29(27(14-20)35-2)37-18-19-8-9-21-6-4-5-7-22(21)12-19/h4-17H,3,18H2,1-2H3,(H,33,34)/b32-17+. The maximum atomic E-state index is 12.6. The number of hydrogen-bond donors (Lipinski definition) is 1. The van der Waals surface area contributed by atoms with Crippen LogP contribution in [0.15, 0.2) is 92.9 Å². The molecule has 0 atom stereocenters. The number of carbonyl (C=O) groups excluding carboxylic acids is 1. The second-order valence-corrected chi connectivity index (χ2v) is 9.30. The molecule has 38 heavy (non-hydrogen) atoms. The number of benzene rings is 4. The molecule has 5 aromatic rings. The molecule has 1 N–H and O–H groups in total. The van der Waals surface area contributed by atoms with Crippen molar-refractivity contribution < 1.29 is 23.4 Å². The van der Waals surface area contributed by atoms with E-state index in [0.717, 1.165) is 22.1 Å². The number of amides is 1. The summed E-state index contributed by atoms with van der Waals surface area (Å²) in [6.07, 6.45) is 1.52. The van der Waals surface area contributed by atoms with Gasteiger partial charge in [0, 0.05) is 5.39 Å². The smallest absolute Gasteiger partial charge is 0.307 e. The van der Waals surface area contributed by atoms with Crippen LogP contribution in [-0.2, 0) is 6.61 Å². The fourth-order valence-electron chi connectivity index (χ4n) is 4.05. The lowest BCUT2D eigenvalue weighted by molar-refractivity contribution is 0.0929. The van der Waals surface area contributed by atoms with Crippen LogP contribution in [0.4, 0.5) is 0 Å². The zero-order valence-electron chi connectivity index (χ0n) is 20.9. The molecule has 1 heterocycles. The predicted molar refractivity (Wildman–Crippen MR) is 151 cm³/mol. The number of nitrogens with zero attached hydrogens (tertiary/aromatic N) is 1. The number of nitrogens with one attached hydrogen (secondary N) is 1. The summed E-state index contributed by atoms with van der Waals surface area (Å²) < 4.78 is 23.5. The van der Waals surface area contributed by atoms with Crippen LogP contribution in [0, 0.1) is 0 Å². The average Bonchev–Trinajstić information content (AvgIpc) is 3.36. The Morgan fingerprint density at radius 3 is 2.63 bits per heavy atom. The molecule has 7 nitrogen and oxygen atoms in total. The summed E-state index contributed by atoms with van der Waals surface area (Å²) >= 11 is 3.57. The summed E-state index contributed by atoms with van der Waals surface area (Å²) in [6, 6.07) is 25.1. The number of fused-ring (bicyclic) bond motifs is 2. The van der Waals surface area contributed by atoms with E-state index in [2.05, 4.69) is 50.7 Å². The van der Waals surface area contributed by atoms with Crippen LogP contribution in [0.3, 0.4) is 0 Å². The SMILES string of the molecule is CCOc1ccc2oc(C(=O)N/N=C/c3cc(Br)c(OCc4ccc5ccccc5c4)c(OC)c3)cc2c1. The highest BCUT2D eigenvalue weighted by Crippen LogP contribution is 2.37. The van der Waals surface area contributed by atoms with E-state index in [9.17, 15) is 4.79 Å². The van der Waals surface area contributed by atoms with Gasteiger partial charge in [-0.25, -0.2) is 5.43 Å². The molecule has 0 radical (unpaired) electrons. The number of hydrazone groups is 1. The average molecular weight is 573 g/mol. The fourth-order valence-corrected chi connectivity index (χ4v) is 4.62. The van der Waals surface area contributed by atoms with Crippen LogP contribution in [0.1, 0.15) is 28.6 Å². The van der Waals surface area contributed by atoms with Crippen LogP contribution in [-0.4, -0.2) is 25.8 Å². The fraction of sp³-hybridized carbons (Fsp3) is 0.133. The number of rotatable bonds is 9. The Morgan fingerprint density at radius 1 is 0.974 bits per heavy atom. The lowest BCUT2D eigenvalue weighted by atomic mass is 10.1. The molecule has 0 bridgehead atoms. The third kappa shape index (κ3) is 5.65. The Balaban J connectivity index is 1.25. The first-order valence-corrected chi connectivity index (χ1v) is 12.8. The van der Waals surface area contributed by atoms with Crippen molar-refractivity contribution in [1.29, 1.82) is 0 Å². The molecule has 192 valence electrons. The van der Waals surface area contributed by atoms with Crippen LogP contribution in [0.2, 0.25) is 0 Å². The van der Waals surface area contributed by atoms with Gasteiger partial charge < -0.3 is 18.6 Å². The van der Waals surface area contributed by atoms with Gasteiger partial charge in [0.25, 0.3) is 0 Å². The van der Waals surface area contributed by atoms with E-state index in [1.54, 1.807) is 31.4 Å². The van der Waals surface area contributed by atoms with Crippen LogP contribution >= 0.6 is 15.9 Å². The van der Waals surface area contributed by atoms with Gasteiger partial charge in [0.1, 0.15) is 17.9 Å². The molecule has 8 heteroatoms. The topological polar surface area (TPSA) is 82.3 Å². The maximum absolute atomic E-state index is 12.6. The van der Waals surface area contributed by atoms with Crippen molar-refractivity contribution in [3.63, 3.8) is 0 Å². The second kappa shape index (κ2) is 11.4. The third-order valence-corrected chi connectivity index (χ3v) is 6.44. The van der Waals surface area contributed by atoms with Crippen molar-refractivity contribution in [1.82, 2.24) is 5.43 Å². The number of halogens is 1. The molecule has 0 saturated heterocycles. The molecule has 0 spiro atoms. The number of carbonyl (C=O) groups is 1. The van der Waals surface area contributed by atoms with Gasteiger partial charge in [0.05, 0.1) is 24.4 Å². The van der Waals surface area contributed by atoms with Crippen molar-refractivity contribution in [3.8, 4) is 17.2 Å². The van der Waals surface area contributed by atoms with Gasteiger partial charge in [-0.1, -0.05) is 36.4 Å². The van der Waals surface area contributed by atoms with E-state index in [0.29, 0.717) is 40.3 Å². The highest BCUT2D eigenvalue weighted by molar-refractivity contribution is 9.10. The molecule has 0 saturated carbocycles. The van der Waals surface area contributed by atoms with Gasteiger partial charge >= 0.3 is 5.91 Å². The zero-order valence-corrected chi connectivity index (χ0v) is 22.4. The number of furan rings is 1. The molecule has 0 aliphatic carbocycles. The molecule has 1 amide bonds. The molecular formula is C30H25BrN2O5. The first kappa shape index (κ1) is 25.4. The maximum Gasteiger partial charge on any atom is 0.307 e. The van der Waals surface area contributed by atoms with Crippen molar-refractivity contribution in [3.05, 3.63) is 100 Å². The molecule has 4 aromatic carbocycles. The van der Waals surface area contributed by atoms with Gasteiger partial charge in [-0.2, -0.15) is 5.10 Å². The van der Waals surface area contributed by atoms with Crippen LogP contribution < -0.4 is 19.6 Å². The van der Waals surface area contributed by atoms with Gasteiger partial charge in [-0.15, -0.1) is 0 Å². The Labute approximate surface area is 228 Å². The van der Waals surface area contributed by atoms with Crippen LogP contribution in [0.25, 0.3) is 21.7 Å². The van der Waals surface area contributed by atoms with Crippen molar-refractivity contribution in [2.45, 2.75) is 13.5 Å². The van der Waals surface area contributed by atoms with E-state index in [4.69, 9.17) is 18.6 Å². The van der Waals surface area contributed by atoms with Gasteiger partial charge in [-0.05, 0) is 87.2 Å². The second-order valence-electron chi connectivity index (χ2n) is 8.45. The number of hydrogen-bond acceptors (Lipinski definition) is 6. The molecule has 1 aromatic heterocycles. The van der Waals surface area contributed by atoms with E-state index in [1.807, 2.05) is 37.3 Å². The van der Waals surface area contributed by atoms with E-state index in [-0.39, 0.29) is 5.76 Å². The van der Waals surface area contributed by atoms with Gasteiger partial charge in [0.2, 0.25) is 0 Å². The minimum absolute atomic E-state index is 0.155. The quantitative estimate of drug-likeness (QED) is 0.150. The summed E-state index contributed by atoms with van der Waals surface area (Å²) in [5.41, 5.74) is 4.85. The molecule has 0 fully saturated rings. The zero-order chi connectivity index (χ0) is 26.5. The summed E-state index contributed by atoms with van der Waals surface area (Å²) in [6.45, 7) is 2.86. The number of methoxy groups -OCH3 is 1. The minimum atomic E-state index is -0.461. The molecule has 0 unspecified atom stereocenters. The van der Waals surface area contributed by atoms with Gasteiger partial charge in [-0.3, -0.25) is 4.79 Å². The molecular weight excluding hydrogens is 548 g/mol. The van der Waals surface area contributed by atoms with E-state index in [1.165, 1.54) is 11.6 Å². The van der Waals surface area contributed by atoms with Crippen LogP contribution in [0.5, 0.6) is 17.2 Å². The summed E-state index contributed by atoms with van der Waals surface area (Å²) in [5.74, 6) is 1.53. The summed E-state index contributed by atoms with van der Waals surface area (Å²) in [4.78, 5) is 12.6. The highest BCUT2D eigenvalue weighted by atomic mass is 79.9. The monoisotopic (exact) mass is 572 g/mol. The lowest BCUT2D eigenvalue weighted by Gasteiger charge is -2.14. The van der Waals surface area contributed by atoms with E-state index >= 15 is 0 Å². The largest absolute Gasteiger partial charge is 0.494 e.